The smallest absolute Gasteiger partial charge is 0.309 e. The van der Waals surface area contributed by atoms with Crippen LogP contribution in [-0.4, -0.2) is 108 Å². The molecule has 0 radical (unpaired) electrons. The summed E-state index contributed by atoms with van der Waals surface area (Å²) >= 11 is 18.2. The number of carbonyl (C=O) groups is 3. The monoisotopic (exact) mass is 1420 g/mol. The molecule has 6 aliphatic carbocycles. The van der Waals surface area contributed by atoms with Crippen molar-refractivity contribution >= 4 is 85.8 Å². The molecular weight excluding hydrogens is 1350 g/mol. The Labute approximate surface area is 562 Å². The second kappa shape index (κ2) is 28.5. The van der Waals surface area contributed by atoms with Crippen LogP contribution in [0.25, 0.3) is 67.3 Å². The number of carboxylic acid groups (broad SMARTS) is 2. The molecule has 7 fully saturated rings. The van der Waals surface area contributed by atoms with Crippen LogP contribution in [0.15, 0.2) is 74.0 Å². The summed E-state index contributed by atoms with van der Waals surface area (Å²) in [5.41, 5.74) is 4.94. The van der Waals surface area contributed by atoms with Gasteiger partial charge >= 0.3 is 17.9 Å². The van der Waals surface area contributed by atoms with E-state index in [1.54, 1.807) is 55.4 Å². The number of carboxylic acids is 2. The van der Waals surface area contributed by atoms with Gasteiger partial charge in [0.15, 0.2) is 34.9 Å². The minimum absolute atomic E-state index is 0. The predicted octanol–water partition coefficient (Wildman–Crippen LogP) is 14.0. The quantitative estimate of drug-likeness (QED) is 0.0432. The molecule has 6 bridgehead atoms. The van der Waals surface area contributed by atoms with Crippen molar-refractivity contribution in [2.75, 3.05) is 13.7 Å². The number of hydrogen-bond donors (Lipinski definition) is 5. The number of rotatable bonds is 12. The van der Waals surface area contributed by atoms with Crippen LogP contribution in [0.4, 0.5) is 13.2 Å². The van der Waals surface area contributed by atoms with E-state index in [4.69, 9.17) is 44.3 Å². The Bertz CT molecular complexity index is 4060. The van der Waals surface area contributed by atoms with Crippen molar-refractivity contribution < 1.29 is 67.7 Å². The van der Waals surface area contributed by atoms with Crippen molar-refractivity contribution in [3.8, 4) is 34.2 Å². The first kappa shape index (κ1) is 67.4. The third kappa shape index (κ3) is 13.8. The molecule has 26 heteroatoms. The van der Waals surface area contributed by atoms with Gasteiger partial charge in [-0.3, -0.25) is 14.4 Å². The summed E-state index contributed by atoms with van der Waals surface area (Å²) in [6.07, 6.45) is 26.4. The number of aliphatic carboxylic acids is 2. The molecule has 5 N–H and O–H groups in total. The standard InChI is InChI=1S/C21H20ClFN4O2.2C20H18ClFN4O2.C5H10O.CH3.Pd/c1-29-21(28)18-11-3-2-10(4-11)13(18)6-17-16(23)9-26-20(27-17)15-8-25-19-14(15)5-12(22)7-24-19;2*21-11-4-13-14(7-24-18(13)23-6-11)19-25-8-15(22)16(26-19)5-12-9-1-2-10(3-9)17(12)20(27)28;1-5-3-2-4-6-5;;/h5,7-11,13,18H,2-4,6H2,1H3,(H,24,25);2*4,6-10,12,17H,1-3,5H2,(H,23,24)(H,27,28);5H,2-4H2,1H3;1H3;/q;;;;-1;/t10?,11?,13?,18-;9-,10+,12?,17+;9-,10+,12?,17-;;;/m000.../s1. The zero-order chi connectivity index (χ0) is 63.4. The Kier molecular flexibility index (Phi) is 20.7. The fourth-order valence-corrected chi connectivity index (χ4v) is 16.8. The third-order valence-electron chi connectivity index (χ3n) is 20.4. The minimum atomic E-state index is -0.774. The van der Waals surface area contributed by atoms with Crippen molar-refractivity contribution in [2.45, 2.75) is 103 Å². The Balaban J connectivity index is 0.000000135. The summed E-state index contributed by atoms with van der Waals surface area (Å²) in [7, 11) is 1.42. The fourth-order valence-electron chi connectivity index (χ4n) is 16.3. The zero-order valence-electron chi connectivity index (χ0n) is 51.1. The molecule has 6 saturated carbocycles. The molecule has 93 heavy (non-hydrogen) atoms. The summed E-state index contributed by atoms with van der Waals surface area (Å²) in [6.45, 7) is 3.11. The van der Waals surface area contributed by atoms with Gasteiger partial charge in [0, 0.05) is 97.1 Å². The van der Waals surface area contributed by atoms with Gasteiger partial charge in [-0.15, -0.1) is 0 Å². The number of halogens is 6. The van der Waals surface area contributed by atoms with E-state index in [0.29, 0.717) is 121 Å². The van der Waals surface area contributed by atoms with E-state index in [-0.39, 0.29) is 80.7 Å². The first-order chi connectivity index (χ1) is 44.0. The summed E-state index contributed by atoms with van der Waals surface area (Å²) < 4.78 is 53.8. The van der Waals surface area contributed by atoms with Crippen LogP contribution < -0.4 is 0 Å². The van der Waals surface area contributed by atoms with E-state index < -0.39 is 41.2 Å². The summed E-state index contributed by atoms with van der Waals surface area (Å²) in [6, 6.07) is 5.31. The Morgan fingerprint density at radius 1 is 0.527 bits per heavy atom. The first-order valence-corrected chi connectivity index (χ1v) is 32.2. The van der Waals surface area contributed by atoms with Crippen molar-refractivity contribution in [3.63, 3.8) is 0 Å². The Morgan fingerprint density at radius 2 is 0.860 bits per heavy atom. The number of aromatic amines is 3. The maximum Gasteiger partial charge on any atom is 0.309 e. The maximum atomic E-state index is 14.6. The van der Waals surface area contributed by atoms with Gasteiger partial charge in [0.2, 0.25) is 0 Å². The second-order valence-electron chi connectivity index (χ2n) is 25.4. The molecule has 1 aliphatic heterocycles. The van der Waals surface area contributed by atoms with E-state index in [1.165, 1.54) is 26.1 Å². The van der Waals surface area contributed by atoms with Gasteiger partial charge in [-0.1, -0.05) is 34.8 Å². The molecule has 16 rings (SSSR count). The van der Waals surface area contributed by atoms with Gasteiger partial charge in [-0.25, -0.2) is 58.0 Å². The average molecular weight is 1420 g/mol. The van der Waals surface area contributed by atoms with Crippen molar-refractivity contribution in [1.29, 1.82) is 0 Å². The third-order valence-corrected chi connectivity index (χ3v) is 21.0. The van der Waals surface area contributed by atoms with Crippen LogP contribution in [-0.2, 0) is 63.5 Å². The molecule has 0 amide bonds. The number of methoxy groups -OCH3 is 1. The molecule has 6 unspecified atom stereocenters. The maximum absolute atomic E-state index is 14.6. The van der Waals surface area contributed by atoms with Crippen LogP contribution in [0.5, 0.6) is 0 Å². The largest absolute Gasteiger partial charge is 0.481 e. The normalized spacial score (nSPS) is 26.0. The van der Waals surface area contributed by atoms with Gasteiger partial charge in [0.05, 0.1) is 81.7 Å². The number of pyridine rings is 3. The molecule has 9 aromatic heterocycles. The van der Waals surface area contributed by atoms with Gasteiger partial charge in [-0.2, -0.15) is 0 Å². The SMILES string of the molecule is CC1CCCO1.COC(=O)[C@H]1C2CCC(C2)C1Cc1nc(-c2c[nH]c3ncc(Cl)cc23)ncc1F.O=C(O)[C@@H]1C(Cc2nc(-c3c[nH]c4ncc(Cl)cc34)ncc2F)[C@H]2CC[C@@H]1C2.O=C(O)[C@H]1C(Cc2nc(-c3c[nH]c4ncc(Cl)cc34)ncc2F)[C@H]2CC[C@@H]1C2.[CH3-].[Pd]. The van der Waals surface area contributed by atoms with Gasteiger partial charge in [-0.05, 0) is 168 Å². The molecule has 0 spiro atoms. The number of H-pyrrole nitrogens is 3. The van der Waals surface area contributed by atoms with Crippen molar-refractivity contribution in [3.05, 3.63) is 131 Å². The van der Waals surface area contributed by atoms with E-state index in [0.717, 1.165) is 92.9 Å². The van der Waals surface area contributed by atoms with Crippen LogP contribution in [0.1, 0.15) is 94.6 Å². The summed E-state index contributed by atoms with van der Waals surface area (Å²) in [5, 5.41) is 23.1. The number of ether oxygens (including phenoxy) is 2. The van der Waals surface area contributed by atoms with Crippen molar-refractivity contribution in [1.82, 2.24) is 59.8 Å². The zero-order valence-corrected chi connectivity index (χ0v) is 54.9. The van der Waals surface area contributed by atoms with E-state index in [9.17, 15) is 37.8 Å². The van der Waals surface area contributed by atoms with Gasteiger partial charge < -0.3 is 42.1 Å². The number of hydrogen-bond acceptors (Lipinski definition) is 14. The van der Waals surface area contributed by atoms with E-state index >= 15 is 0 Å². The number of carbonyl (C=O) groups excluding carboxylic acids is 1. The second-order valence-corrected chi connectivity index (χ2v) is 26.7. The Morgan fingerprint density at radius 3 is 1.16 bits per heavy atom. The van der Waals surface area contributed by atoms with Crippen LogP contribution in [0.3, 0.4) is 0 Å². The predicted molar refractivity (Wildman–Crippen MR) is 339 cm³/mol. The van der Waals surface area contributed by atoms with Gasteiger partial charge in [0.1, 0.15) is 16.9 Å². The summed E-state index contributed by atoms with van der Waals surface area (Å²) in [4.78, 5) is 83.7. The molecule has 0 aromatic carbocycles. The van der Waals surface area contributed by atoms with Crippen LogP contribution >= 0.6 is 34.8 Å². The van der Waals surface area contributed by atoms with Crippen molar-refractivity contribution in [2.24, 2.45) is 71.0 Å². The van der Waals surface area contributed by atoms with E-state index in [2.05, 4.69) is 66.7 Å². The minimum Gasteiger partial charge on any atom is -0.481 e. The molecule has 19 nitrogen and oxygen atoms in total. The molecule has 7 aliphatic rings. The number of nitrogens with zero attached hydrogens (tertiary/aromatic N) is 9. The number of aromatic nitrogens is 12. The average Bonchev–Trinajstić information content (AvgIpc) is 1.68. The molecule has 13 atom stereocenters. The number of fused-ring (bicyclic) bond motifs is 9. The molecular formula is C67H69Cl3F3N12O7Pd-. The van der Waals surface area contributed by atoms with Gasteiger partial charge in [0.25, 0.3) is 0 Å². The molecule has 9 aromatic rings. The van der Waals surface area contributed by atoms with Crippen LogP contribution in [0, 0.1) is 95.9 Å². The van der Waals surface area contributed by atoms with E-state index in [1.807, 2.05) is 0 Å². The number of nitrogens with one attached hydrogen (secondary N) is 3. The molecule has 10 heterocycles. The molecule has 1 saturated heterocycles. The fraction of sp³-hybridized carbons (Fsp3) is 0.448. The summed E-state index contributed by atoms with van der Waals surface area (Å²) in [5.74, 6) is -1.26. The van der Waals surface area contributed by atoms with Crippen LogP contribution in [0.2, 0.25) is 15.1 Å². The number of esters is 1. The molecule has 492 valence electrons. The Hall–Kier alpha value is -7.00. The first-order valence-electron chi connectivity index (χ1n) is 31.0. The topological polar surface area (TPSA) is 274 Å².